The van der Waals surface area contributed by atoms with Crippen LogP contribution in [0.1, 0.15) is 37.8 Å². The van der Waals surface area contributed by atoms with Crippen molar-refractivity contribution < 1.29 is 15.0 Å². The van der Waals surface area contributed by atoms with Gasteiger partial charge in [-0.25, -0.2) is 0 Å². The van der Waals surface area contributed by atoms with Gasteiger partial charge in [-0.1, -0.05) is 38.1 Å². The second kappa shape index (κ2) is 7.26. The zero-order chi connectivity index (χ0) is 14.3. The SMILES string of the molecule is CCC(CC)(CO)NCc1ccccc1CC(=O)O. The average molecular weight is 265 g/mol. The summed E-state index contributed by atoms with van der Waals surface area (Å²) in [7, 11) is 0. The average Bonchev–Trinajstić information content (AvgIpc) is 2.42. The lowest BCUT2D eigenvalue weighted by molar-refractivity contribution is -0.136. The number of hydrogen-bond donors (Lipinski definition) is 3. The fraction of sp³-hybridized carbons (Fsp3) is 0.533. The molecule has 106 valence electrons. The molecule has 4 nitrogen and oxygen atoms in total. The number of carboxylic acid groups (broad SMARTS) is 1. The molecule has 0 heterocycles. The Morgan fingerprint density at radius 3 is 2.26 bits per heavy atom. The molecule has 0 aliphatic carbocycles. The monoisotopic (exact) mass is 265 g/mol. The number of aliphatic carboxylic acids is 1. The van der Waals surface area contributed by atoms with Gasteiger partial charge in [0.2, 0.25) is 0 Å². The topological polar surface area (TPSA) is 69.6 Å². The van der Waals surface area contributed by atoms with Crippen LogP contribution >= 0.6 is 0 Å². The highest BCUT2D eigenvalue weighted by Crippen LogP contribution is 2.17. The normalized spacial score (nSPS) is 11.5. The molecule has 3 N–H and O–H groups in total. The van der Waals surface area contributed by atoms with Crippen molar-refractivity contribution in [2.24, 2.45) is 0 Å². The first-order valence-corrected chi connectivity index (χ1v) is 6.71. The van der Waals surface area contributed by atoms with Crippen LogP contribution in [0, 0.1) is 0 Å². The Kier molecular flexibility index (Phi) is 5.99. The van der Waals surface area contributed by atoms with Gasteiger partial charge in [-0.15, -0.1) is 0 Å². The van der Waals surface area contributed by atoms with Crippen LogP contribution in [0.15, 0.2) is 24.3 Å². The Labute approximate surface area is 114 Å². The maximum Gasteiger partial charge on any atom is 0.307 e. The Morgan fingerprint density at radius 1 is 1.21 bits per heavy atom. The quantitative estimate of drug-likeness (QED) is 0.672. The molecule has 0 aliphatic heterocycles. The molecule has 0 atom stereocenters. The van der Waals surface area contributed by atoms with E-state index in [1.165, 1.54) is 0 Å². The zero-order valence-corrected chi connectivity index (χ0v) is 11.6. The van der Waals surface area contributed by atoms with Crippen molar-refractivity contribution in [1.82, 2.24) is 5.32 Å². The van der Waals surface area contributed by atoms with Crippen LogP contribution in [0.2, 0.25) is 0 Å². The molecule has 0 bridgehead atoms. The third-order valence-electron chi connectivity index (χ3n) is 3.77. The highest BCUT2D eigenvalue weighted by molar-refractivity contribution is 5.70. The van der Waals surface area contributed by atoms with E-state index in [0.717, 1.165) is 24.0 Å². The smallest absolute Gasteiger partial charge is 0.307 e. The highest BCUT2D eigenvalue weighted by atomic mass is 16.4. The predicted molar refractivity (Wildman–Crippen MR) is 75.0 cm³/mol. The molecule has 0 aliphatic rings. The van der Waals surface area contributed by atoms with Gasteiger partial charge in [0, 0.05) is 12.1 Å². The number of benzene rings is 1. The van der Waals surface area contributed by atoms with Crippen molar-refractivity contribution in [3.05, 3.63) is 35.4 Å². The van der Waals surface area contributed by atoms with Crippen LogP contribution in [0.5, 0.6) is 0 Å². The maximum atomic E-state index is 10.8. The first kappa shape index (κ1) is 15.7. The lowest BCUT2D eigenvalue weighted by atomic mass is 9.93. The number of carbonyl (C=O) groups is 1. The lowest BCUT2D eigenvalue weighted by Gasteiger charge is -2.31. The zero-order valence-electron chi connectivity index (χ0n) is 11.6. The summed E-state index contributed by atoms with van der Waals surface area (Å²) in [6.07, 6.45) is 1.70. The second-order valence-electron chi connectivity index (χ2n) is 4.84. The van der Waals surface area contributed by atoms with Crippen LogP contribution in [-0.2, 0) is 17.8 Å². The molecule has 0 amide bonds. The van der Waals surface area contributed by atoms with Crippen molar-refractivity contribution in [3.8, 4) is 0 Å². The van der Waals surface area contributed by atoms with Gasteiger partial charge in [-0.05, 0) is 24.0 Å². The Morgan fingerprint density at radius 2 is 1.79 bits per heavy atom. The van der Waals surface area contributed by atoms with E-state index in [1.807, 2.05) is 38.1 Å². The van der Waals surface area contributed by atoms with Gasteiger partial charge in [0.1, 0.15) is 0 Å². The largest absolute Gasteiger partial charge is 0.481 e. The number of aliphatic hydroxyl groups is 1. The Balaban J connectivity index is 2.79. The molecular formula is C15H23NO3. The van der Waals surface area contributed by atoms with Gasteiger partial charge in [0.15, 0.2) is 0 Å². The predicted octanol–water partition coefficient (Wildman–Crippen LogP) is 1.95. The number of aliphatic hydroxyl groups excluding tert-OH is 1. The van der Waals surface area contributed by atoms with E-state index in [-0.39, 0.29) is 18.6 Å². The molecule has 0 aromatic heterocycles. The van der Waals surface area contributed by atoms with Crippen LogP contribution in [0.25, 0.3) is 0 Å². The van der Waals surface area contributed by atoms with E-state index in [2.05, 4.69) is 5.32 Å². The Hall–Kier alpha value is -1.39. The summed E-state index contributed by atoms with van der Waals surface area (Å²) in [5.41, 5.74) is 1.52. The number of carboxylic acids is 1. The van der Waals surface area contributed by atoms with E-state index in [9.17, 15) is 9.90 Å². The van der Waals surface area contributed by atoms with Crippen molar-refractivity contribution >= 4 is 5.97 Å². The summed E-state index contributed by atoms with van der Waals surface area (Å²) in [6, 6.07) is 7.52. The van der Waals surface area contributed by atoms with E-state index in [0.29, 0.717) is 6.54 Å². The summed E-state index contributed by atoms with van der Waals surface area (Å²) in [5, 5.41) is 21.8. The maximum absolute atomic E-state index is 10.8. The van der Waals surface area contributed by atoms with Crippen LogP contribution < -0.4 is 5.32 Å². The molecule has 1 rings (SSSR count). The summed E-state index contributed by atoms with van der Waals surface area (Å²) in [4.78, 5) is 10.8. The van der Waals surface area contributed by atoms with E-state index < -0.39 is 5.97 Å². The van der Waals surface area contributed by atoms with Crippen LogP contribution in [0.4, 0.5) is 0 Å². The number of rotatable bonds is 8. The third kappa shape index (κ3) is 4.33. The first-order chi connectivity index (χ1) is 9.06. The molecule has 0 saturated carbocycles. The second-order valence-corrected chi connectivity index (χ2v) is 4.84. The summed E-state index contributed by atoms with van der Waals surface area (Å²) >= 11 is 0. The summed E-state index contributed by atoms with van der Waals surface area (Å²) < 4.78 is 0. The third-order valence-corrected chi connectivity index (χ3v) is 3.77. The minimum atomic E-state index is -0.827. The molecule has 0 unspecified atom stereocenters. The molecule has 1 aromatic carbocycles. The molecule has 0 fully saturated rings. The molecule has 0 saturated heterocycles. The van der Waals surface area contributed by atoms with E-state index >= 15 is 0 Å². The standard InChI is InChI=1S/C15H23NO3/c1-3-15(4-2,11-17)16-10-13-8-6-5-7-12(13)9-14(18)19/h5-8,16-17H,3-4,9-11H2,1-2H3,(H,18,19). The fourth-order valence-electron chi connectivity index (χ4n) is 2.13. The van der Waals surface area contributed by atoms with Crippen molar-refractivity contribution in [3.63, 3.8) is 0 Å². The first-order valence-electron chi connectivity index (χ1n) is 6.71. The van der Waals surface area contributed by atoms with Crippen molar-refractivity contribution in [2.75, 3.05) is 6.61 Å². The summed E-state index contributed by atoms with van der Waals surface area (Å²) in [6.45, 7) is 4.73. The molecule has 19 heavy (non-hydrogen) atoms. The number of nitrogens with one attached hydrogen (secondary N) is 1. The fourth-order valence-corrected chi connectivity index (χ4v) is 2.13. The summed E-state index contributed by atoms with van der Waals surface area (Å²) in [5.74, 6) is -0.827. The van der Waals surface area contributed by atoms with E-state index in [1.54, 1.807) is 0 Å². The molecular weight excluding hydrogens is 242 g/mol. The minimum Gasteiger partial charge on any atom is -0.481 e. The van der Waals surface area contributed by atoms with Gasteiger partial charge >= 0.3 is 5.97 Å². The van der Waals surface area contributed by atoms with Crippen LogP contribution in [-0.4, -0.2) is 28.3 Å². The van der Waals surface area contributed by atoms with Gasteiger partial charge in [0.05, 0.1) is 13.0 Å². The van der Waals surface area contributed by atoms with Gasteiger partial charge in [-0.3, -0.25) is 4.79 Å². The Bertz CT molecular complexity index is 405. The molecule has 4 heteroatoms. The van der Waals surface area contributed by atoms with Crippen molar-refractivity contribution in [2.45, 2.75) is 45.2 Å². The number of hydrogen-bond acceptors (Lipinski definition) is 3. The van der Waals surface area contributed by atoms with Crippen LogP contribution in [0.3, 0.4) is 0 Å². The van der Waals surface area contributed by atoms with E-state index in [4.69, 9.17) is 5.11 Å². The lowest BCUT2D eigenvalue weighted by Crippen LogP contribution is -2.47. The highest BCUT2D eigenvalue weighted by Gasteiger charge is 2.24. The van der Waals surface area contributed by atoms with Gasteiger partial charge in [0.25, 0.3) is 0 Å². The minimum absolute atomic E-state index is 0.0300. The molecule has 0 radical (unpaired) electrons. The molecule has 0 spiro atoms. The van der Waals surface area contributed by atoms with Gasteiger partial charge < -0.3 is 15.5 Å². The van der Waals surface area contributed by atoms with Gasteiger partial charge in [-0.2, -0.15) is 0 Å². The van der Waals surface area contributed by atoms with Crippen molar-refractivity contribution in [1.29, 1.82) is 0 Å². The molecule has 1 aromatic rings.